The van der Waals surface area contributed by atoms with Crippen LogP contribution in [0, 0.1) is 5.82 Å². The molecule has 0 amide bonds. The Bertz CT molecular complexity index is 372. The van der Waals surface area contributed by atoms with E-state index in [2.05, 4.69) is 15.9 Å². The van der Waals surface area contributed by atoms with Gasteiger partial charge in [0.2, 0.25) is 0 Å². The molecule has 1 fully saturated rings. The predicted molar refractivity (Wildman–Crippen MR) is 67.8 cm³/mol. The van der Waals surface area contributed by atoms with Gasteiger partial charge in [0.1, 0.15) is 5.82 Å². The highest BCUT2D eigenvalue weighted by atomic mass is 79.9. The van der Waals surface area contributed by atoms with Crippen LogP contribution in [-0.4, -0.2) is 5.54 Å². The quantitative estimate of drug-likeness (QED) is 0.879. The van der Waals surface area contributed by atoms with E-state index in [0.717, 1.165) is 29.3 Å². The lowest BCUT2D eigenvalue weighted by atomic mass is 9.78. The number of halogens is 2. The summed E-state index contributed by atoms with van der Waals surface area (Å²) >= 11 is 3.40. The van der Waals surface area contributed by atoms with Crippen molar-refractivity contribution < 1.29 is 4.39 Å². The van der Waals surface area contributed by atoms with Crippen LogP contribution in [0.25, 0.3) is 0 Å². The summed E-state index contributed by atoms with van der Waals surface area (Å²) in [7, 11) is 0. The number of hydrogen-bond acceptors (Lipinski definition) is 1. The molecule has 1 saturated carbocycles. The molecule has 88 valence electrons. The summed E-state index contributed by atoms with van der Waals surface area (Å²) in [5.74, 6) is -0.203. The molecule has 1 aromatic carbocycles. The molecule has 0 aliphatic heterocycles. The molecule has 1 aromatic rings. The Morgan fingerprint density at radius 2 is 1.94 bits per heavy atom. The van der Waals surface area contributed by atoms with E-state index in [1.807, 2.05) is 6.07 Å². The lowest BCUT2D eigenvalue weighted by Crippen LogP contribution is -2.43. The average Bonchev–Trinajstić information content (AvgIpc) is 2.23. The molecule has 0 radical (unpaired) electrons. The molecule has 0 heterocycles. The van der Waals surface area contributed by atoms with Crippen molar-refractivity contribution in [3.63, 3.8) is 0 Å². The monoisotopic (exact) mass is 285 g/mol. The van der Waals surface area contributed by atoms with Crippen LogP contribution in [0.15, 0.2) is 22.7 Å². The SMILES string of the molecule is NC1(Cc2ccc(F)cc2Br)CCCCC1. The summed E-state index contributed by atoms with van der Waals surface area (Å²) in [6.45, 7) is 0. The fraction of sp³-hybridized carbons (Fsp3) is 0.538. The third kappa shape index (κ3) is 2.83. The number of hydrogen-bond donors (Lipinski definition) is 1. The average molecular weight is 286 g/mol. The van der Waals surface area contributed by atoms with E-state index >= 15 is 0 Å². The maximum Gasteiger partial charge on any atom is 0.124 e. The summed E-state index contributed by atoms with van der Waals surface area (Å²) in [4.78, 5) is 0. The summed E-state index contributed by atoms with van der Waals surface area (Å²) < 4.78 is 13.8. The fourth-order valence-electron chi connectivity index (χ4n) is 2.48. The van der Waals surface area contributed by atoms with Gasteiger partial charge in [-0.3, -0.25) is 0 Å². The third-order valence-electron chi connectivity index (χ3n) is 3.41. The molecule has 3 heteroatoms. The second-order valence-electron chi connectivity index (χ2n) is 4.84. The third-order valence-corrected chi connectivity index (χ3v) is 4.15. The topological polar surface area (TPSA) is 26.0 Å². The first-order chi connectivity index (χ1) is 7.59. The van der Waals surface area contributed by atoms with Crippen LogP contribution in [0.3, 0.4) is 0 Å². The van der Waals surface area contributed by atoms with Crippen LogP contribution < -0.4 is 5.73 Å². The van der Waals surface area contributed by atoms with E-state index in [-0.39, 0.29) is 11.4 Å². The Morgan fingerprint density at radius 3 is 2.56 bits per heavy atom. The van der Waals surface area contributed by atoms with E-state index in [1.165, 1.54) is 31.4 Å². The van der Waals surface area contributed by atoms with Crippen molar-refractivity contribution in [2.24, 2.45) is 5.73 Å². The highest BCUT2D eigenvalue weighted by Crippen LogP contribution is 2.31. The predicted octanol–water partition coefficient (Wildman–Crippen LogP) is 3.79. The first kappa shape index (κ1) is 12.1. The molecule has 16 heavy (non-hydrogen) atoms. The van der Waals surface area contributed by atoms with E-state index in [1.54, 1.807) is 0 Å². The van der Waals surface area contributed by atoms with Crippen LogP contribution in [0.1, 0.15) is 37.7 Å². The van der Waals surface area contributed by atoms with Crippen LogP contribution in [0.5, 0.6) is 0 Å². The minimum absolute atomic E-state index is 0.0847. The molecule has 0 unspecified atom stereocenters. The first-order valence-corrected chi connectivity index (χ1v) is 6.61. The molecule has 2 N–H and O–H groups in total. The largest absolute Gasteiger partial charge is 0.325 e. The van der Waals surface area contributed by atoms with Crippen LogP contribution in [0.2, 0.25) is 0 Å². The molecule has 0 atom stereocenters. The molecule has 0 aromatic heterocycles. The van der Waals surface area contributed by atoms with Gasteiger partial charge in [-0.2, -0.15) is 0 Å². The molecule has 0 spiro atoms. The van der Waals surface area contributed by atoms with Crippen molar-refractivity contribution in [3.8, 4) is 0 Å². The molecule has 2 rings (SSSR count). The highest BCUT2D eigenvalue weighted by Gasteiger charge is 2.28. The second-order valence-corrected chi connectivity index (χ2v) is 5.69. The van der Waals surface area contributed by atoms with E-state index in [4.69, 9.17) is 5.73 Å². The number of benzene rings is 1. The minimum atomic E-state index is -0.203. The van der Waals surface area contributed by atoms with Crippen molar-refractivity contribution >= 4 is 15.9 Å². The first-order valence-electron chi connectivity index (χ1n) is 5.82. The van der Waals surface area contributed by atoms with Gasteiger partial charge >= 0.3 is 0 Å². The fourth-order valence-corrected chi connectivity index (χ4v) is 2.97. The van der Waals surface area contributed by atoms with Gasteiger partial charge in [-0.15, -0.1) is 0 Å². The number of rotatable bonds is 2. The maximum absolute atomic E-state index is 13.0. The van der Waals surface area contributed by atoms with Gasteiger partial charge in [-0.1, -0.05) is 41.3 Å². The van der Waals surface area contributed by atoms with E-state index < -0.39 is 0 Å². The van der Waals surface area contributed by atoms with Gasteiger partial charge in [0.15, 0.2) is 0 Å². The molecule has 0 bridgehead atoms. The van der Waals surface area contributed by atoms with Gasteiger partial charge < -0.3 is 5.73 Å². The summed E-state index contributed by atoms with van der Waals surface area (Å²) in [6, 6.07) is 4.86. The lowest BCUT2D eigenvalue weighted by Gasteiger charge is -2.33. The maximum atomic E-state index is 13.0. The minimum Gasteiger partial charge on any atom is -0.325 e. The molecular weight excluding hydrogens is 269 g/mol. The molecule has 0 saturated heterocycles. The standard InChI is InChI=1S/C13H17BrFN/c14-12-8-11(15)5-4-10(12)9-13(16)6-2-1-3-7-13/h4-5,8H,1-3,6-7,9,16H2. The van der Waals surface area contributed by atoms with Crippen molar-refractivity contribution in [1.29, 1.82) is 0 Å². The zero-order chi connectivity index (χ0) is 11.6. The molecule has 1 nitrogen and oxygen atoms in total. The van der Waals surface area contributed by atoms with Gasteiger partial charge in [0.05, 0.1) is 0 Å². The Balaban J connectivity index is 2.13. The summed E-state index contributed by atoms with van der Waals surface area (Å²) in [5.41, 5.74) is 7.42. The van der Waals surface area contributed by atoms with Gasteiger partial charge in [-0.05, 0) is 37.0 Å². The highest BCUT2D eigenvalue weighted by molar-refractivity contribution is 9.10. The molecular formula is C13H17BrFN. The zero-order valence-electron chi connectivity index (χ0n) is 9.31. The Morgan fingerprint density at radius 1 is 1.25 bits per heavy atom. The van der Waals surface area contributed by atoms with Crippen molar-refractivity contribution in [2.45, 2.75) is 44.1 Å². The van der Waals surface area contributed by atoms with Gasteiger partial charge in [0, 0.05) is 10.0 Å². The van der Waals surface area contributed by atoms with Crippen LogP contribution in [-0.2, 0) is 6.42 Å². The molecule has 1 aliphatic rings. The van der Waals surface area contributed by atoms with Gasteiger partial charge in [-0.25, -0.2) is 4.39 Å². The zero-order valence-corrected chi connectivity index (χ0v) is 10.9. The van der Waals surface area contributed by atoms with Gasteiger partial charge in [0.25, 0.3) is 0 Å². The lowest BCUT2D eigenvalue weighted by molar-refractivity contribution is 0.294. The van der Waals surface area contributed by atoms with E-state index in [9.17, 15) is 4.39 Å². The Labute approximate surface area is 104 Å². The van der Waals surface area contributed by atoms with Crippen molar-refractivity contribution in [2.75, 3.05) is 0 Å². The molecule has 1 aliphatic carbocycles. The van der Waals surface area contributed by atoms with Crippen molar-refractivity contribution in [3.05, 3.63) is 34.1 Å². The number of nitrogens with two attached hydrogens (primary N) is 1. The second kappa shape index (κ2) is 4.84. The summed E-state index contributed by atoms with van der Waals surface area (Å²) in [6.07, 6.45) is 6.73. The van der Waals surface area contributed by atoms with Crippen LogP contribution >= 0.6 is 15.9 Å². The Hall–Kier alpha value is -0.410. The van der Waals surface area contributed by atoms with Crippen molar-refractivity contribution in [1.82, 2.24) is 0 Å². The Kier molecular flexibility index (Phi) is 3.65. The van der Waals surface area contributed by atoms with Crippen LogP contribution in [0.4, 0.5) is 4.39 Å². The normalized spacial score (nSPS) is 19.7. The van der Waals surface area contributed by atoms with E-state index in [0.29, 0.717) is 0 Å². The smallest absolute Gasteiger partial charge is 0.124 e. The summed E-state index contributed by atoms with van der Waals surface area (Å²) in [5, 5.41) is 0.